The number of benzene rings is 2. The summed E-state index contributed by atoms with van der Waals surface area (Å²) in [6.45, 7) is 2.17. The molecule has 1 aliphatic rings. The lowest BCUT2D eigenvalue weighted by atomic mass is 10.0. The van der Waals surface area contributed by atoms with Crippen LogP contribution < -0.4 is 20.7 Å². The first-order valence-corrected chi connectivity index (χ1v) is 8.92. The van der Waals surface area contributed by atoms with Crippen molar-refractivity contribution in [2.75, 3.05) is 19.5 Å². The van der Waals surface area contributed by atoms with Crippen molar-refractivity contribution in [2.24, 2.45) is 0 Å². The average molecular weight is 399 g/mol. The SMILES string of the molecule is CCOc1cc(C(CC(=O)NO)N2C(=O)c3cccc(N)c3C2=O)ccc1OC. The van der Waals surface area contributed by atoms with Crippen molar-refractivity contribution in [3.8, 4) is 11.5 Å². The van der Waals surface area contributed by atoms with Crippen LogP contribution >= 0.6 is 0 Å². The largest absolute Gasteiger partial charge is 0.493 e. The van der Waals surface area contributed by atoms with Gasteiger partial charge in [0.1, 0.15) is 0 Å². The highest BCUT2D eigenvalue weighted by atomic mass is 16.5. The van der Waals surface area contributed by atoms with Crippen LogP contribution in [0.2, 0.25) is 0 Å². The molecule has 29 heavy (non-hydrogen) atoms. The van der Waals surface area contributed by atoms with Gasteiger partial charge in [-0.25, -0.2) is 5.48 Å². The Morgan fingerprint density at radius 3 is 2.59 bits per heavy atom. The number of hydrogen-bond donors (Lipinski definition) is 3. The second-order valence-corrected chi connectivity index (χ2v) is 6.35. The first-order chi connectivity index (χ1) is 13.9. The minimum absolute atomic E-state index is 0.102. The smallest absolute Gasteiger partial charge is 0.264 e. The van der Waals surface area contributed by atoms with Crippen LogP contribution in [0.15, 0.2) is 36.4 Å². The third-order valence-electron chi connectivity index (χ3n) is 4.67. The summed E-state index contributed by atoms with van der Waals surface area (Å²) in [5, 5.41) is 8.99. The number of anilines is 1. The molecule has 1 heterocycles. The number of nitrogens with two attached hydrogens (primary N) is 1. The summed E-state index contributed by atoms with van der Waals surface area (Å²) in [7, 11) is 1.49. The lowest BCUT2D eigenvalue weighted by molar-refractivity contribution is -0.130. The highest BCUT2D eigenvalue weighted by Gasteiger charge is 2.42. The van der Waals surface area contributed by atoms with E-state index in [4.69, 9.17) is 20.4 Å². The van der Waals surface area contributed by atoms with Gasteiger partial charge in [-0.15, -0.1) is 0 Å². The van der Waals surface area contributed by atoms with E-state index in [-0.39, 0.29) is 23.2 Å². The van der Waals surface area contributed by atoms with E-state index >= 15 is 0 Å². The highest BCUT2D eigenvalue weighted by Crippen LogP contribution is 2.38. The molecule has 0 aliphatic carbocycles. The summed E-state index contributed by atoms with van der Waals surface area (Å²) in [5.41, 5.74) is 8.36. The van der Waals surface area contributed by atoms with Gasteiger partial charge in [-0.05, 0) is 36.8 Å². The molecule has 2 aromatic carbocycles. The molecule has 0 radical (unpaired) electrons. The van der Waals surface area contributed by atoms with Gasteiger partial charge in [0.15, 0.2) is 11.5 Å². The predicted octanol–water partition coefficient (Wildman–Crippen LogP) is 1.91. The summed E-state index contributed by atoms with van der Waals surface area (Å²) in [4.78, 5) is 38.9. The standard InChI is InChI=1S/C20H21N3O6/c1-3-29-16-9-11(7-8-15(16)28-2)14(10-17(24)22-27)23-19(25)12-5-4-6-13(21)18(12)20(23)26/h4-9,14,27H,3,10,21H2,1-2H3,(H,22,24). The second kappa shape index (κ2) is 8.19. The van der Waals surface area contributed by atoms with E-state index < -0.39 is 23.8 Å². The fourth-order valence-corrected chi connectivity index (χ4v) is 3.36. The Balaban J connectivity index is 2.09. The molecule has 152 valence electrons. The van der Waals surface area contributed by atoms with Crippen molar-refractivity contribution in [1.29, 1.82) is 0 Å². The van der Waals surface area contributed by atoms with Crippen molar-refractivity contribution in [3.05, 3.63) is 53.1 Å². The van der Waals surface area contributed by atoms with E-state index in [9.17, 15) is 14.4 Å². The number of hydrogen-bond acceptors (Lipinski definition) is 7. The number of ether oxygens (including phenoxy) is 2. The molecule has 1 atom stereocenters. The van der Waals surface area contributed by atoms with Crippen molar-refractivity contribution < 1.29 is 29.1 Å². The molecule has 1 unspecified atom stereocenters. The maximum absolute atomic E-state index is 13.0. The van der Waals surface area contributed by atoms with Gasteiger partial charge >= 0.3 is 0 Å². The molecule has 3 amide bonds. The molecule has 2 aromatic rings. The number of imide groups is 1. The molecule has 0 fully saturated rings. The van der Waals surface area contributed by atoms with Crippen LogP contribution in [-0.4, -0.2) is 41.5 Å². The Hall–Kier alpha value is -3.59. The second-order valence-electron chi connectivity index (χ2n) is 6.35. The van der Waals surface area contributed by atoms with E-state index in [0.29, 0.717) is 23.7 Å². The number of carbonyl (C=O) groups excluding carboxylic acids is 3. The molecule has 0 aromatic heterocycles. The monoisotopic (exact) mass is 399 g/mol. The fourth-order valence-electron chi connectivity index (χ4n) is 3.36. The number of nitrogens with one attached hydrogen (secondary N) is 1. The van der Waals surface area contributed by atoms with E-state index in [0.717, 1.165) is 4.90 Å². The molecule has 1 aliphatic heterocycles. The Labute approximate surface area is 167 Å². The summed E-state index contributed by atoms with van der Waals surface area (Å²) in [5.74, 6) is -1.06. The van der Waals surface area contributed by atoms with Gasteiger partial charge in [0, 0.05) is 5.69 Å². The normalized spacial score (nSPS) is 13.8. The fraction of sp³-hybridized carbons (Fsp3) is 0.250. The Kier molecular flexibility index (Phi) is 5.69. The number of carbonyl (C=O) groups is 3. The first-order valence-electron chi connectivity index (χ1n) is 8.92. The number of hydroxylamine groups is 1. The molecule has 4 N–H and O–H groups in total. The van der Waals surface area contributed by atoms with Crippen LogP contribution in [0.1, 0.15) is 45.7 Å². The van der Waals surface area contributed by atoms with E-state index in [1.54, 1.807) is 36.7 Å². The van der Waals surface area contributed by atoms with Gasteiger partial charge in [-0.2, -0.15) is 0 Å². The van der Waals surface area contributed by atoms with Crippen LogP contribution in [0.5, 0.6) is 11.5 Å². The molecule has 0 spiro atoms. The number of nitrogens with zero attached hydrogens (tertiary/aromatic N) is 1. The van der Waals surface area contributed by atoms with Crippen molar-refractivity contribution in [2.45, 2.75) is 19.4 Å². The lowest BCUT2D eigenvalue weighted by Crippen LogP contribution is -2.37. The van der Waals surface area contributed by atoms with Gasteiger partial charge in [0.05, 0.1) is 37.3 Å². The van der Waals surface area contributed by atoms with E-state index in [1.165, 1.54) is 19.2 Å². The molecule has 9 nitrogen and oxygen atoms in total. The van der Waals surface area contributed by atoms with Gasteiger partial charge in [0.25, 0.3) is 11.8 Å². The van der Waals surface area contributed by atoms with Crippen molar-refractivity contribution in [3.63, 3.8) is 0 Å². The Morgan fingerprint density at radius 2 is 1.97 bits per heavy atom. The number of fused-ring (bicyclic) bond motifs is 1. The maximum atomic E-state index is 13.0. The number of nitrogen functional groups attached to an aromatic ring is 1. The van der Waals surface area contributed by atoms with E-state index in [1.807, 2.05) is 0 Å². The zero-order valence-electron chi connectivity index (χ0n) is 16.0. The summed E-state index contributed by atoms with van der Waals surface area (Å²) in [6, 6.07) is 8.49. The Morgan fingerprint density at radius 1 is 1.21 bits per heavy atom. The maximum Gasteiger partial charge on any atom is 0.264 e. The minimum Gasteiger partial charge on any atom is -0.493 e. The average Bonchev–Trinajstić information content (AvgIpc) is 2.97. The zero-order valence-corrected chi connectivity index (χ0v) is 16.0. The van der Waals surface area contributed by atoms with E-state index in [2.05, 4.69) is 0 Å². The molecule has 3 rings (SSSR count). The van der Waals surface area contributed by atoms with Crippen LogP contribution in [0.25, 0.3) is 0 Å². The lowest BCUT2D eigenvalue weighted by Gasteiger charge is -2.26. The summed E-state index contributed by atoms with van der Waals surface area (Å²) < 4.78 is 10.8. The quantitative estimate of drug-likeness (QED) is 0.280. The molecule has 0 saturated heterocycles. The van der Waals surface area contributed by atoms with Crippen molar-refractivity contribution in [1.82, 2.24) is 10.4 Å². The summed E-state index contributed by atoms with van der Waals surface area (Å²) >= 11 is 0. The van der Waals surface area contributed by atoms with Gasteiger partial charge < -0.3 is 15.2 Å². The molecular weight excluding hydrogens is 378 g/mol. The first kappa shape index (κ1) is 20.2. The van der Waals surface area contributed by atoms with Gasteiger partial charge in [-0.3, -0.25) is 24.5 Å². The third kappa shape index (κ3) is 3.59. The third-order valence-corrected chi connectivity index (χ3v) is 4.67. The molecule has 9 heteroatoms. The Bertz CT molecular complexity index is 975. The molecule has 0 bridgehead atoms. The molecule has 0 saturated carbocycles. The minimum atomic E-state index is -0.987. The number of methoxy groups -OCH3 is 1. The van der Waals surface area contributed by atoms with Crippen LogP contribution in [0.4, 0.5) is 5.69 Å². The van der Waals surface area contributed by atoms with Crippen LogP contribution in [0.3, 0.4) is 0 Å². The predicted molar refractivity (Wildman–Crippen MR) is 103 cm³/mol. The zero-order chi connectivity index (χ0) is 21.1. The molecular formula is C20H21N3O6. The van der Waals surface area contributed by atoms with Crippen LogP contribution in [-0.2, 0) is 4.79 Å². The highest BCUT2D eigenvalue weighted by molar-refractivity contribution is 6.23. The summed E-state index contributed by atoms with van der Waals surface area (Å²) in [6.07, 6.45) is -0.347. The number of amides is 3. The topological polar surface area (TPSA) is 131 Å². The van der Waals surface area contributed by atoms with Gasteiger partial charge in [0.2, 0.25) is 5.91 Å². The van der Waals surface area contributed by atoms with Crippen molar-refractivity contribution >= 4 is 23.4 Å². The van der Waals surface area contributed by atoms with Crippen LogP contribution in [0, 0.1) is 0 Å². The number of rotatable bonds is 7. The van der Waals surface area contributed by atoms with Gasteiger partial charge in [-0.1, -0.05) is 12.1 Å².